The van der Waals surface area contributed by atoms with Crippen molar-refractivity contribution in [1.29, 1.82) is 0 Å². The van der Waals surface area contributed by atoms with Crippen molar-refractivity contribution in [3.63, 3.8) is 0 Å². The summed E-state index contributed by atoms with van der Waals surface area (Å²) >= 11 is 2.55. The summed E-state index contributed by atoms with van der Waals surface area (Å²) < 4.78 is 5.56. The number of fused-ring (bicyclic) bond motifs is 2. The van der Waals surface area contributed by atoms with Gasteiger partial charge in [-0.3, -0.25) is 10.1 Å². The van der Waals surface area contributed by atoms with Gasteiger partial charge in [0, 0.05) is 23.2 Å². The van der Waals surface area contributed by atoms with Crippen molar-refractivity contribution in [1.82, 2.24) is 20.1 Å². The maximum absolute atomic E-state index is 13.1. The summed E-state index contributed by atoms with van der Waals surface area (Å²) in [5.41, 5.74) is 8.97. The van der Waals surface area contributed by atoms with Crippen LogP contribution in [0.15, 0.2) is 36.4 Å². The van der Waals surface area contributed by atoms with Gasteiger partial charge in [-0.2, -0.15) is 0 Å². The lowest BCUT2D eigenvalue weighted by Crippen LogP contribution is -2.36. The van der Waals surface area contributed by atoms with Gasteiger partial charge in [0.1, 0.15) is 20.3 Å². The largest absolute Gasteiger partial charge is 0.444 e. The maximum atomic E-state index is 13.1. The molecule has 9 nitrogen and oxygen atoms in total. The fraction of sp³-hybridized carbons (Fsp3) is 0.320. The molecule has 0 aliphatic carbocycles. The van der Waals surface area contributed by atoms with E-state index in [0.717, 1.165) is 34.7 Å². The Morgan fingerprint density at radius 3 is 2.67 bits per heavy atom. The SMILES string of the molecule is CC(C)(C)OC(=O)N1CCCc2nc3sc(C(=O)Nc4nnc(-c5ccccc5)s4)c(N)c3cc2C1. The fourth-order valence-electron chi connectivity index (χ4n) is 3.97. The molecule has 5 rings (SSSR count). The van der Waals surface area contributed by atoms with Crippen LogP contribution in [0, 0.1) is 0 Å². The molecule has 0 atom stereocenters. The standard InChI is InChI=1S/C25H26N6O3S2/c1-25(2,3)34-24(33)31-11-7-10-17-15(13-31)12-16-18(26)19(35-22(16)27-17)20(32)28-23-30-29-21(36-23)14-8-5-4-6-9-14/h4-6,8-9,12H,7,10-11,13,26H2,1-3H3,(H,28,30,32). The van der Waals surface area contributed by atoms with Crippen LogP contribution in [0.25, 0.3) is 20.8 Å². The van der Waals surface area contributed by atoms with E-state index >= 15 is 0 Å². The number of pyridine rings is 1. The highest BCUT2D eigenvalue weighted by Gasteiger charge is 2.27. The quantitative estimate of drug-likeness (QED) is 0.373. The summed E-state index contributed by atoms with van der Waals surface area (Å²) in [5, 5.41) is 12.9. The van der Waals surface area contributed by atoms with Crippen molar-refractivity contribution < 1.29 is 14.3 Å². The van der Waals surface area contributed by atoms with E-state index in [9.17, 15) is 9.59 Å². The van der Waals surface area contributed by atoms with E-state index in [0.29, 0.717) is 39.0 Å². The van der Waals surface area contributed by atoms with Crippen LogP contribution < -0.4 is 11.1 Å². The number of ether oxygens (including phenoxy) is 1. The summed E-state index contributed by atoms with van der Waals surface area (Å²) in [7, 11) is 0. The van der Waals surface area contributed by atoms with Gasteiger partial charge in [0.2, 0.25) is 5.13 Å². The van der Waals surface area contributed by atoms with Gasteiger partial charge >= 0.3 is 6.09 Å². The van der Waals surface area contributed by atoms with Crippen LogP contribution in [0.1, 0.15) is 48.1 Å². The number of nitrogens with two attached hydrogens (primary N) is 1. The zero-order valence-corrected chi connectivity index (χ0v) is 21.8. The van der Waals surface area contributed by atoms with E-state index in [1.54, 1.807) is 4.90 Å². The van der Waals surface area contributed by atoms with Gasteiger partial charge in [-0.25, -0.2) is 9.78 Å². The van der Waals surface area contributed by atoms with Crippen LogP contribution in [0.2, 0.25) is 0 Å². The number of hydrogen-bond acceptors (Lipinski definition) is 9. The Kier molecular flexibility index (Phi) is 6.35. The Bertz CT molecular complexity index is 1440. The van der Waals surface area contributed by atoms with E-state index in [4.69, 9.17) is 15.5 Å². The molecular weight excluding hydrogens is 496 g/mol. The first kappa shape index (κ1) is 24.1. The number of aryl methyl sites for hydroxylation is 1. The molecule has 3 aromatic heterocycles. The number of benzene rings is 1. The lowest BCUT2D eigenvalue weighted by atomic mass is 10.1. The summed E-state index contributed by atoms with van der Waals surface area (Å²) in [6.45, 7) is 6.53. The lowest BCUT2D eigenvalue weighted by Gasteiger charge is -2.26. The van der Waals surface area contributed by atoms with E-state index in [2.05, 4.69) is 15.5 Å². The van der Waals surface area contributed by atoms with Crippen molar-refractivity contribution >= 4 is 55.7 Å². The van der Waals surface area contributed by atoms with Crippen LogP contribution in [0.3, 0.4) is 0 Å². The second-order valence-corrected chi connectivity index (χ2v) is 11.5. The molecular formula is C25H26N6O3S2. The van der Waals surface area contributed by atoms with Crippen LogP contribution in [-0.4, -0.2) is 44.2 Å². The Balaban J connectivity index is 1.38. The average Bonchev–Trinajstić information content (AvgIpc) is 3.35. The van der Waals surface area contributed by atoms with Crippen molar-refractivity contribution in [3.8, 4) is 10.6 Å². The molecule has 1 aliphatic heterocycles. The molecule has 0 fully saturated rings. The Morgan fingerprint density at radius 2 is 1.92 bits per heavy atom. The predicted octanol–water partition coefficient (Wildman–Crippen LogP) is 5.33. The first-order chi connectivity index (χ1) is 17.2. The number of carbonyl (C=O) groups excluding carboxylic acids is 2. The van der Waals surface area contributed by atoms with Crippen molar-refractivity contribution in [3.05, 3.63) is 52.5 Å². The second kappa shape index (κ2) is 9.47. The third-order valence-corrected chi connectivity index (χ3v) is 7.62. The number of nitrogens with one attached hydrogen (secondary N) is 1. The van der Waals surface area contributed by atoms with Crippen molar-refractivity contribution in [2.45, 2.75) is 45.8 Å². The van der Waals surface area contributed by atoms with Gasteiger partial charge in [0.05, 0.1) is 12.2 Å². The summed E-state index contributed by atoms with van der Waals surface area (Å²) in [6, 6.07) is 11.6. The minimum absolute atomic E-state index is 0.347. The molecule has 186 valence electrons. The normalized spacial score (nSPS) is 13.8. The van der Waals surface area contributed by atoms with Gasteiger partial charge in [-0.1, -0.05) is 41.7 Å². The van der Waals surface area contributed by atoms with Gasteiger partial charge < -0.3 is 15.4 Å². The topological polar surface area (TPSA) is 123 Å². The van der Waals surface area contributed by atoms with E-state index in [1.807, 2.05) is 57.2 Å². The highest BCUT2D eigenvalue weighted by molar-refractivity contribution is 7.21. The number of thiophene rings is 1. The molecule has 4 aromatic rings. The number of aromatic nitrogens is 3. The van der Waals surface area contributed by atoms with Crippen LogP contribution in [-0.2, 0) is 17.7 Å². The zero-order valence-electron chi connectivity index (χ0n) is 20.2. The third kappa shape index (κ3) is 5.02. The first-order valence-electron chi connectivity index (χ1n) is 11.6. The van der Waals surface area contributed by atoms with E-state index in [1.165, 1.54) is 22.7 Å². The number of nitrogens with zero attached hydrogens (tertiary/aromatic N) is 4. The van der Waals surface area contributed by atoms with Gasteiger partial charge in [-0.15, -0.1) is 21.5 Å². The predicted molar refractivity (Wildman–Crippen MR) is 142 cm³/mol. The van der Waals surface area contributed by atoms with Crippen LogP contribution in [0.5, 0.6) is 0 Å². The van der Waals surface area contributed by atoms with Crippen molar-refractivity contribution in [2.24, 2.45) is 0 Å². The monoisotopic (exact) mass is 522 g/mol. The molecule has 0 spiro atoms. The zero-order chi connectivity index (χ0) is 25.4. The highest BCUT2D eigenvalue weighted by atomic mass is 32.1. The molecule has 3 N–H and O–H groups in total. The van der Waals surface area contributed by atoms with E-state index < -0.39 is 5.60 Å². The lowest BCUT2D eigenvalue weighted by molar-refractivity contribution is 0.0236. The van der Waals surface area contributed by atoms with Crippen LogP contribution >= 0.6 is 22.7 Å². The molecule has 36 heavy (non-hydrogen) atoms. The number of nitrogen functional groups attached to an aromatic ring is 1. The Hall–Kier alpha value is -3.57. The molecule has 0 radical (unpaired) electrons. The molecule has 2 amide bonds. The average molecular weight is 523 g/mol. The Labute approximate surface area is 216 Å². The molecule has 0 saturated heterocycles. The van der Waals surface area contributed by atoms with Crippen LogP contribution in [0.4, 0.5) is 15.6 Å². The minimum atomic E-state index is -0.566. The number of hydrogen-bond donors (Lipinski definition) is 2. The van der Waals surface area contributed by atoms with Gasteiger partial charge in [0.15, 0.2) is 0 Å². The molecule has 0 saturated carbocycles. The highest BCUT2D eigenvalue weighted by Crippen LogP contribution is 2.36. The third-order valence-electron chi connectivity index (χ3n) is 5.62. The van der Waals surface area contributed by atoms with E-state index in [-0.39, 0.29) is 12.0 Å². The smallest absolute Gasteiger partial charge is 0.410 e. The number of rotatable bonds is 3. The maximum Gasteiger partial charge on any atom is 0.410 e. The molecule has 11 heteroatoms. The molecule has 0 unspecified atom stereocenters. The Morgan fingerprint density at radius 1 is 1.14 bits per heavy atom. The number of carbonyl (C=O) groups is 2. The van der Waals surface area contributed by atoms with Gasteiger partial charge in [0.25, 0.3) is 5.91 Å². The minimum Gasteiger partial charge on any atom is -0.444 e. The summed E-state index contributed by atoms with van der Waals surface area (Å²) in [4.78, 5) is 33.3. The molecule has 0 bridgehead atoms. The fourth-order valence-corrected chi connectivity index (χ4v) is 5.71. The first-order valence-corrected chi connectivity index (χ1v) is 13.2. The van der Waals surface area contributed by atoms with Gasteiger partial charge in [-0.05, 0) is 45.2 Å². The molecule has 1 aliphatic rings. The molecule has 1 aromatic carbocycles. The second-order valence-electron chi connectivity index (χ2n) is 9.53. The van der Waals surface area contributed by atoms with Crippen molar-refractivity contribution in [2.75, 3.05) is 17.6 Å². The molecule has 4 heterocycles. The summed E-state index contributed by atoms with van der Waals surface area (Å²) in [6.07, 6.45) is 1.16. The summed E-state index contributed by atoms with van der Waals surface area (Å²) in [5.74, 6) is -0.350. The number of anilines is 2. The number of amides is 2.